The fourth-order valence-electron chi connectivity index (χ4n) is 4.46. The van der Waals surface area contributed by atoms with Crippen molar-refractivity contribution < 1.29 is 0 Å². The molecule has 2 heterocycles. The van der Waals surface area contributed by atoms with Crippen molar-refractivity contribution in [1.29, 1.82) is 15.8 Å². The number of nitrogens with zero attached hydrogens (tertiary/aromatic N) is 5. The van der Waals surface area contributed by atoms with Gasteiger partial charge < -0.3 is 4.57 Å². The van der Waals surface area contributed by atoms with E-state index in [4.69, 9.17) is 0 Å². The summed E-state index contributed by atoms with van der Waals surface area (Å²) >= 11 is 0. The molecule has 2 aliphatic carbocycles. The van der Waals surface area contributed by atoms with Gasteiger partial charge in [-0.15, -0.1) is 0 Å². The Hall–Kier alpha value is -4.40. The number of nitriles is 3. The Bertz CT molecular complexity index is 1370. The summed E-state index contributed by atoms with van der Waals surface area (Å²) in [7, 11) is 0. The van der Waals surface area contributed by atoms with Crippen LogP contribution in [0, 0.1) is 39.9 Å². The lowest BCUT2D eigenvalue weighted by Crippen LogP contribution is -2.07. The summed E-state index contributed by atoms with van der Waals surface area (Å²) in [4.78, 5) is 4.40. The van der Waals surface area contributed by atoms with Gasteiger partial charge in [0.25, 0.3) is 0 Å². The van der Waals surface area contributed by atoms with Crippen LogP contribution in [0.1, 0.15) is 40.2 Å². The number of benzene rings is 1. The zero-order valence-corrected chi connectivity index (χ0v) is 16.7. The molecule has 0 saturated heterocycles. The lowest BCUT2D eigenvalue weighted by Gasteiger charge is -2.15. The second-order valence-electron chi connectivity index (χ2n) is 7.70. The molecule has 2 aliphatic rings. The van der Waals surface area contributed by atoms with E-state index >= 15 is 0 Å². The van der Waals surface area contributed by atoms with E-state index < -0.39 is 0 Å². The van der Waals surface area contributed by atoms with Crippen LogP contribution in [0.2, 0.25) is 0 Å². The topological polar surface area (TPSA) is 89.2 Å². The maximum absolute atomic E-state index is 9.42. The second kappa shape index (κ2) is 7.45. The molecule has 0 radical (unpaired) electrons. The summed E-state index contributed by atoms with van der Waals surface area (Å²) in [5.41, 5.74) is 7.94. The highest BCUT2D eigenvalue weighted by Crippen LogP contribution is 2.37. The molecule has 1 aromatic carbocycles. The first-order chi connectivity index (χ1) is 15.2. The Morgan fingerprint density at radius 3 is 2.65 bits per heavy atom. The molecule has 5 heteroatoms. The van der Waals surface area contributed by atoms with Crippen LogP contribution in [0.15, 0.2) is 48.6 Å². The van der Waals surface area contributed by atoms with Crippen molar-refractivity contribution in [2.45, 2.75) is 19.3 Å². The monoisotopic (exact) mass is 399 g/mol. The average molecular weight is 399 g/mol. The number of hydrogen-bond donors (Lipinski definition) is 0. The van der Waals surface area contributed by atoms with E-state index in [-0.39, 0.29) is 11.6 Å². The molecular formula is C26H17N5. The van der Waals surface area contributed by atoms with E-state index in [9.17, 15) is 15.8 Å². The van der Waals surface area contributed by atoms with Gasteiger partial charge in [-0.1, -0.05) is 24.3 Å². The Morgan fingerprint density at radius 2 is 1.84 bits per heavy atom. The third-order valence-corrected chi connectivity index (χ3v) is 5.85. The number of rotatable bonds is 2. The van der Waals surface area contributed by atoms with Crippen molar-refractivity contribution >= 4 is 12.2 Å². The quantitative estimate of drug-likeness (QED) is 0.610. The minimum Gasteiger partial charge on any atom is -0.310 e. The molecular weight excluding hydrogens is 382 g/mol. The zero-order chi connectivity index (χ0) is 21.4. The Morgan fingerprint density at radius 1 is 0.968 bits per heavy atom. The van der Waals surface area contributed by atoms with Crippen LogP contribution in [-0.4, -0.2) is 9.55 Å². The Labute approximate surface area is 180 Å². The zero-order valence-electron chi connectivity index (χ0n) is 16.7. The molecule has 0 aliphatic heterocycles. The van der Waals surface area contributed by atoms with Gasteiger partial charge in [-0.2, -0.15) is 15.8 Å². The first kappa shape index (κ1) is 18.6. The van der Waals surface area contributed by atoms with E-state index in [1.807, 2.05) is 30.3 Å². The molecule has 0 bridgehead atoms. The summed E-state index contributed by atoms with van der Waals surface area (Å²) < 4.78 is 2.24. The van der Waals surface area contributed by atoms with Crippen molar-refractivity contribution in [3.63, 3.8) is 0 Å². The first-order valence-corrected chi connectivity index (χ1v) is 10.2. The highest BCUT2D eigenvalue weighted by atomic mass is 15.0. The summed E-state index contributed by atoms with van der Waals surface area (Å²) in [6, 6.07) is 17.7. The smallest absolute Gasteiger partial charge is 0.142 e. The van der Waals surface area contributed by atoms with Crippen LogP contribution >= 0.6 is 0 Å². The maximum Gasteiger partial charge on any atom is 0.142 e. The number of fused-ring (bicyclic) bond motifs is 3. The molecule has 1 atom stereocenters. The summed E-state index contributed by atoms with van der Waals surface area (Å²) in [5.74, 6) is -0.0907. The van der Waals surface area contributed by atoms with Gasteiger partial charge >= 0.3 is 0 Å². The normalized spacial score (nSPS) is 16.0. The fraction of sp³-hybridized carbons (Fsp3) is 0.154. The molecule has 0 saturated carbocycles. The van der Waals surface area contributed by atoms with Gasteiger partial charge in [0.1, 0.15) is 11.8 Å². The van der Waals surface area contributed by atoms with Gasteiger partial charge in [-0.05, 0) is 66.8 Å². The largest absolute Gasteiger partial charge is 0.310 e. The second-order valence-corrected chi connectivity index (χ2v) is 7.70. The number of pyridine rings is 1. The van der Waals surface area contributed by atoms with Crippen LogP contribution in [-0.2, 0) is 12.8 Å². The van der Waals surface area contributed by atoms with Gasteiger partial charge in [0.15, 0.2) is 0 Å². The van der Waals surface area contributed by atoms with E-state index in [0.717, 1.165) is 41.9 Å². The predicted octanol–water partition coefficient (Wildman–Crippen LogP) is 4.95. The van der Waals surface area contributed by atoms with Gasteiger partial charge in [-0.25, -0.2) is 4.98 Å². The fourth-order valence-corrected chi connectivity index (χ4v) is 4.46. The lowest BCUT2D eigenvalue weighted by atomic mass is 9.89. The van der Waals surface area contributed by atoms with Crippen LogP contribution in [0.5, 0.6) is 0 Å². The van der Waals surface area contributed by atoms with Crippen molar-refractivity contribution in [3.8, 4) is 35.2 Å². The molecule has 5 nitrogen and oxygen atoms in total. The number of allylic oxidation sites excluding steroid dienone is 2. The van der Waals surface area contributed by atoms with Crippen molar-refractivity contribution in [2.24, 2.45) is 5.92 Å². The van der Waals surface area contributed by atoms with E-state index in [1.165, 1.54) is 17.2 Å². The molecule has 0 spiro atoms. The number of hydrogen-bond acceptors (Lipinski definition) is 4. The molecule has 0 N–H and O–H groups in total. The molecule has 0 fully saturated rings. The van der Waals surface area contributed by atoms with Crippen LogP contribution in [0.3, 0.4) is 0 Å². The van der Waals surface area contributed by atoms with Gasteiger partial charge in [-0.3, -0.25) is 0 Å². The van der Waals surface area contributed by atoms with Crippen molar-refractivity contribution in [1.82, 2.24) is 9.55 Å². The third-order valence-electron chi connectivity index (χ3n) is 5.85. The highest BCUT2D eigenvalue weighted by molar-refractivity contribution is 5.72. The van der Waals surface area contributed by atoms with E-state index in [0.29, 0.717) is 11.3 Å². The summed E-state index contributed by atoms with van der Waals surface area (Å²) in [5, 5.41) is 28.0. The van der Waals surface area contributed by atoms with E-state index in [1.54, 1.807) is 6.07 Å². The molecule has 0 amide bonds. The van der Waals surface area contributed by atoms with Crippen LogP contribution in [0.4, 0.5) is 0 Å². The predicted molar refractivity (Wildman–Crippen MR) is 118 cm³/mol. The lowest BCUT2D eigenvalue weighted by molar-refractivity contribution is 0.794. The van der Waals surface area contributed by atoms with Gasteiger partial charge in [0, 0.05) is 22.6 Å². The SMILES string of the molecule is N#Cc1cc(C#N)nc(-c2cccc(-n3c4c(c5c3C=CC(C#N)C5)CCC=C4)c2)c1. The minimum atomic E-state index is -0.0907. The molecule has 3 aromatic rings. The molecule has 5 rings (SSSR count). The Balaban J connectivity index is 1.69. The number of aromatic nitrogens is 2. The highest BCUT2D eigenvalue weighted by Gasteiger charge is 2.26. The molecule has 146 valence electrons. The standard InChI is InChI=1S/C26H17N5/c27-14-17-8-9-26-23(11-17)22-6-1-2-7-25(22)31(26)21-5-3-4-19(13-21)24-12-18(15-28)10-20(16-29)30-24/h2-5,7-10,12-13,17H,1,6,11H2. The maximum atomic E-state index is 9.42. The first-order valence-electron chi connectivity index (χ1n) is 10.2. The van der Waals surface area contributed by atoms with E-state index in [2.05, 4.69) is 46.0 Å². The van der Waals surface area contributed by atoms with Crippen molar-refractivity contribution in [3.05, 3.63) is 82.3 Å². The van der Waals surface area contributed by atoms with Crippen molar-refractivity contribution in [2.75, 3.05) is 0 Å². The average Bonchev–Trinajstić information content (AvgIpc) is 3.17. The summed E-state index contributed by atoms with van der Waals surface area (Å²) in [6.07, 6.45) is 11.1. The van der Waals surface area contributed by atoms with Gasteiger partial charge in [0.05, 0.1) is 29.3 Å². The summed E-state index contributed by atoms with van der Waals surface area (Å²) in [6.45, 7) is 0. The third kappa shape index (κ3) is 3.12. The molecule has 1 unspecified atom stereocenters. The van der Waals surface area contributed by atoms with Crippen LogP contribution in [0.25, 0.3) is 29.1 Å². The van der Waals surface area contributed by atoms with Gasteiger partial charge in [0.2, 0.25) is 0 Å². The minimum absolute atomic E-state index is 0.0907. The van der Waals surface area contributed by atoms with Crippen LogP contribution < -0.4 is 0 Å². The molecule has 31 heavy (non-hydrogen) atoms. The Kier molecular flexibility index (Phi) is 4.47. The molecule has 2 aromatic heterocycles.